The summed E-state index contributed by atoms with van der Waals surface area (Å²) in [5.41, 5.74) is 0.782. The molecule has 0 unspecified atom stereocenters. The van der Waals surface area contributed by atoms with Crippen LogP contribution in [0.2, 0.25) is 0 Å². The van der Waals surface area contributed by atoms with Crippen LogP contribution in [0.5, 0.6) is 0 Å². The van der Waals surface area contributed by atoms with Crippen LogP contribution in [0.15, 0.2) is 28.7 Å². The minimum absolute atomic E-state index is 0.0214. The Balaban J connectivity index is 2.44. The van der Waals surface area contributed by atoms with Gasteiger partial charge in [0.15, 0.2) is 5.11 Å². The van der Waals surface area contributed by atoms with Crippen LogP contribution in [0, 0.1) is 0 Å². The van der Waals surface area contributed by atoms with Crippen LogP contribution in [-0.2, 0) is 4.79 Å². The van der Waals surface area contributed by atoms with Crippen molar-refractivity contribution in [2.45, 2.75) is 13.0 Å². The summed E-state index contributed by atoms with van der Waals surface area (Å²) in [6.45, 7) is 1.80. The van der Waals surface area contributed by atoms with Gasteiger partial charge in [-0.1, -0.05) is 12.1 Å². The molecule has 1 fully saturated rings. The van der Waals surface area contributed by atoms with Gasteiger partial charge in [0.2, 0.25) is 0 Å². The Morgan fingerprint density at radius 2 is 2.13 bits per heavy atom. The van der Waals surface area contributed by atoms with Gasteiger partial charge in [-0.2, -0.15) is 0 Å². The van der Waals surface area contributed by atoms with Crippen LogP contribution in [0.1, 0.15) is 6.92 Å². The Hall–Kier alpha value is -0.940. The molecule has 15 heavy (non-hydrogen) atoms. The molecule has 1 N–H and O–H groups in total. The Labute approximate surface area is 102 Å². The summed E-state index contributed by atoms with van der Waals surface area (Å²) >= 11 is 8.51. The average Bonchev–Trinajstić information content (AvgIpc) is 2.43. The van der Waals surface area contributed by atoms with E-state index in [4.69, 9.17) is 12.2 Å². The maximum absolute atomic E-state index is 11.8. The molecule has 0 saturated carbocycles. The first-order valence-electron chi connectivity index (χ1n) is 4.50. The summed E-state index contributed by atoms with van der Waals surface area (Å²) in [5.74, 6) is -0.0214. The van der Waals surface area contributed by atoms with Gasteiger partial charge in [-0.05, 0) is 47.2 Å². The molecule has 1 aliphatic heterocycles. The van der Waals surface area contributed by atoms with E-state index in [1.165, 1.54) is 4.90 Å². The number of hydrogen-bond acceptors (Lipinski definition) is 2. The van der Waals surface area contributed by atoms with Gasteiger partial charge in [-0.15, -0.1) is 0 Å². The van der Waals surface area contributed by atoms with Crippen LogP contribution in [0.3, 0.4) is 0 Å². The number of carbonyl (C=O) groups excluding carboxylic acids is 1. The van der Waals surface area contributed by atoms with E-state index in [1.807, 2.05) is 24.3 Å². The number of carbonyl (C=O) groups is 1. The molecule has 78 valence electrons. The minimum atomic E-state index is -0.246. The summed E-state index contributed by atoms with van der Waals surface area (Å²) in [6, 6.07) is 7.26. The first kappa shape index (κ1) is 10.6. The Kier molecular flexibility index (Phi) is 2.75. The highest BCUT2D eigenvalue weighted by Gasteiger charge is 2.33. The van der Waals surface area contributed by atoms with Crippen molar-refractivity contribution in [3.63, 3.8) is 0 Å². The normalized spacial score (nSPS) is 20.7. The summed E-state index contributed by atoms with van der Waals surface area (Å²) in [5, 5.41) is 3.39. The lowest BCUT2D eigenvalue weighted by molar-refractivity contribution is -0.117. The number of thiocarbonyl (C=S) groups is 1. The van der Waals surface area contributed by atoms with Crippen molar-refractivity contribution in [2.75, 3.05) is 4.90 Å². The Morgan fingerprint density at radius 1 is 1.47 bits per heavy atom. The van der Waals surface area contributed by atoms with Gasteiger partial charge in [0.1, 0.15) is 6.04 Å². The van der Waals surface area contributed by atoms with Gasteiger partial charge < -0.3 is 5.32 Å². The largest absolute Gasteiger partial charge is 0.350 e. The van der Waals surface area contributed by atoms with Gasteiger partial charge in [-0.3, -0.25) is 9.69 Å². The second-order valence-corrected chi connectivity index (χ2v) is 4.54. The van der Waals surface area contributed by atoms with Gasteiger partial charge in [0.25, 0.3) is 5.91 Å². The monoisotopic (exact) mass is 284 g/mol. The third-order valence-electron chi connectivity index (χ3n) is 2.23. The van der Waals surface area contributed by atoms with Crippen LogP contribution < -0.4 is 10.2 Å². The fourth-order valence-corrected chi connectivity index (χ4v) is 2.29. The summed E-state index contributed by atoms with van der Waals surface area (Å²) in [4.78, 5) is 13.3. The van der Waals surface area contributed by atoms with E-state index in [1.54, 1.807) is 6.92 Å². The zero-order chi connectivity index (χ0) is 11.0. The summed E-state index contributed by atoms with van der Waals surface area (Å²) in [6.07, 6.45) is 0. The zero-order valence-electron chi connectivity index (χ0n) is 8.03. The number of nitrogens with zero attached hydrogens (tertiary/aromatic N) is 1. The van der Waals surface area contributed by atoms with E-state index < -0.39 is 0 Å². The van der Waals surface area contributed by atoms with Crippen LogP contribution in [-0.4, -0.2) is 17.1 Å². The summed E-state index contributed by atoms with van der Waals surface area (Å²) < 4.78 is 0.858. The van der Waals surface area contributed by atoms with Crippen molar-refractivity contribution < 1.29 is 4.79 Å². The molecule has 0 spiro atoms. The molecule has 1 amide bonds. The predicted octanol–water partition coefficient (Wildman–Crippen LogP) is 2.06. The van der Waals surface area contributed by atoms with Crippen molar-refractivity contribution in [2.24, 2.45) is 0 Å². The molecule has 0 aliphatic carbocycles. The molecule has 1 saturated heterocycles. The van der Waals surface area contributed by atoms with Crippen LogP contribution in [0.4, 0.5) is 5.69 Å². The first-order valence-corrected chi connectivity index (χ1v) is 5.70. The second kappa shape index (κ2) is 3.90. The zero-order valence-corrected chi connectivity index (χ0v) is 10.4. The highest BCUT2D eigenvalue weighted by molar-refractivity contribution is 9.10. The lowest BCUT2D eigenvalue weighted by Crippen LogP contribution is -2.30. The number of nitrogens with one attached hydrogen (secondary N) is 1. The molecule has 1 aliphatic rings. The molecule has 0 bridgehead atoms. The van der Waals surface area contributed by atoms with E-state index in [2.05, 4.69) is 21.2 Å². The molecule has 1 heterocycles. The molecule has 0 radical (unpaired) electrons. The Bertz CT molecular complexity index is 435. The number of amides is 1. The second-order valence-electron chi connectivity index (χ2n) is 3.30. The molecule has 2 rings (SSSR count). The van der Waals surface area contributed by atoms with E-state index in [-0.39, 0.29) is 11.9 Å². The number of benzene rings is 1. The highest BCUT2D eigenvalue weighted by atomic mass is 79.9. The first-order chi connectivity index (χ1) is 7.11. The van der Waals surface area contributed by atoms with Crippen molar-refractivity contribution in [1.29, 1.82) is 0 Å². The molecule has 0 aromatic heterocycles. The minimum Gasteiger partial charge on any atom is -0.350 e. The third-order valence-corrected chi connectivity index (χ3v) is 3.20. The smallest absolute Gasteiger partial charge is 0.255 e. The van der Waals surface area contributed by atoms with Crippen molar-refractivity contribution in [3.8, 4) is 0 Å². The van der Waals surface area contributed by atoms with Crippen molar-refractivity contribution >= 4 is 44.9 Å². The van der Waals surface area contributed by atoms with Gasteiger partial charge in [-0.25, -0.2) is 0 Å². The number of para-hydroxylation sites is 1. The van der Waals surface area contributed by atoms with E-state index in [0.717, 1.165) is 10.2 Å². The maximum atomic E-state index is 11.8. The SMILES string of the molecule is C[C@@H]1NC(=S)N(c2ccccc2Br)C1=O. The fraction of sp³-hybridized carbons (Fsp3) is 0.200. The number of rotatable bonds is 1. The molecular formula is C10H9BrN2OS. The van der Waals surface area contributed by atoms with Crippen LogP contribution in [0.25, 0.3) is 0 Å². The van der Waals surface area contributed by atoms with Gasteiger partial charge in [0.05, 0.1) is 5.69 Å². The molecule has 1 atom stereocenters. The maximum Gasteiger partial charge on any atom is 0.255 e. The quantitative estimate of drug-likeness (QED) is 0.802. The topological polar surface area (TPSA) is 32.3 Å². The van der Waals surface area contributed by atoms with E-state index >= 15 is 0 Å². The summed E-state index contributed by atoms with van der Waals surface area (Å²) in [7, 11) is 0. The number of hydrogen-bond donors (Lipinski definition) is 1. The molecule has 5 heteroatoms. The highest BCUT2D eigenvalue weighted by Crippen LogP contribution is 2.28. The Morgan fingerprint density at radius 3 is 2.67 bits per heavy atom. The van der Waals surface area contributed by atoms with Crippen LogP contribution >= 0.6 is 28.1 Å². The van der Waals surface area contributed by atoms with E-state index in [0.29, 0.717) is 5.11 Å². The van der Waals surface area contributed by atoms with Gasteiger partial charge >= 0.3 is 0 Å². The number of anilines is 1. The van der Waals surface area contributed by atoms with E-state index in [9.17, 15) is 4.79 Å². The van der Waals surface area contributed by atoms with Crippen molar-refractivity contribution in [3.05, 3.63) is 28.7 Å². The fourth-order valence-electron chi connectivity index (χ4n) is 1.47. The lowest BCUT2D eigenvalue weighted by atomic mass is 10.3. The molecule has 1 aromatic carbocycles. The third kappa shape index (κ3) is 1.77. The average molecular weight is 285 g/mol. The van der Waals surface area contributed by atoms with Crippen molar-refractivity contribution in [1.82, 2.24) is 5.32 Å². The molecular weight excluding hydrogens is 276 g/mol. The predicted molar refractivity (Wildman–Crippen MR) is 66.8 cm³/mol. The molecule has 1 aromatic rings. The molecule has 3 nitrogen and oxygen atoms in total. The standard InChI is InChI=1S/C10H9BrN2OS/c1-6-9(14)13(10(15)12-6)8-5-3-2-4-7(8)11/h2-6H,1H3,(H,12,15)/t6-/m0/s1. The lowest BCUT2D eigenvalue weighted by Gasteiger charge is -2.16. The van der Waals surface area contributed by atoms with Gasteiger partial charge in [0, 0.05) is 4.47 Å². The number of halogens is 1.